The fourth-order valence-corrected chi connectivity index (χ4v) is 3.03. The maximum atomic E-state index is 12.4. The molecule has 0 atom stereocenters. The Kier molecular flexibility index (Phi) is 7.82. The van der Waals surface area contributed by atoms with Crippen molar-refractivity contribution in [3.8, 4) is 17.5 Å². The number of nitrogens with zero attached hydrogens (tertiary/aromatic N) is 2. The zero-order chi connectivity index (χ0) is 22.3. The number of aryl methyl sites for hydroxylation is 1. The SMILES string of the molecule is COc1ccc(-n2c(C)cc(/C=C(\C#N)C(=O)NCCNC(=O)C(C)C)c2C)cc1. The molecule has 0 aliphatic rings. The number of nitriles is 1. The molecule has 7 nitrogen and oxygen atoms in total. The summed E-state index contributed by atoms with van der Waals surface area (Å²) in [7, 11) is 1.62. The summed E-state index contributed by atoms with van der Waals surface area (Å²) in [6.07, 6.45) is 1.59. The van der Waals surface area contributed by atoms with Crippen LogP contribution in [0.15, 0.2) is 35.9 Å². The summed E-state index contributed by atoms with van der Waals surface area (Å²) < 4.78 is 7.26. The Morgan fingerprint density at radius 1 is 1.17 bits per heavy atom. The lowest BCUT2D eigenvalue weighted by atomic mass is 10.1. The topological polar surface area (TPSA) is 96.2 Å². The summed E-state index contributed by atoms with van der Waals surface area (Å²) in [5.74, 6) is 0.113. The maximum absolute atomic E-state index is 12.4. The highest BCUT2D eigenvalue weighted by atomic mass is 16.5. The van der Waals surface area contributed by atoms with E-state index in [4.69, 9.17) is 4.74 Å². The molecule has 0 radical (unpaired) electrons. The van der Waals surface area contributed by atoms with Gasteiger partial charge in [0, 0.05) is 36.1 Å². The Hall–Kier alpha value is -3.53. The molecule has 2 rings (SSSR count). The van der Waals surface area contributed by atoms with Crippen LogP contribution in [-0.2, 0) is 9.59 Å². The van der Waals surface area contributed by atoms with E-state index in [0.717, 1.165) is 28.4 Å². The molecule has 0 unspecified atom stereocenters. The van der Waals surface area contributed by atoms with Crippen molar-refractivity contribution in [1.29, 1.82) is 5.26 Å². The molecule has 0 saturated heterocycles. The van der Waals surface area contributed by atoms with E-state index in [0.29, 0.717) is 6.54 Å². The highest BCUT2D eigenvalue weighted by Crippen LogP contribution is 2.24. The quantitative estimate of drug-likeness (QED) is 0.399. The van der Waals surface area contributed by atoms with Gasteiger partial charge >= 0.3 is 0 Å². The minimum Gasteiger partial charge on any atom is -0.497 e. The molecule has 158 valence electrons. The number of nitrogens with one attached hydrogen (secondary N) is 2. The normalized spacial score (nSPS) is 11.2. The van der Waals surface area contributed by atoms with Crippen LogP contribution in [0, 0.1) is 31.1 Å². The standard InChI is InChI=1S/C23H28N4O3/c1-15(2)22(28)25-10-11-26-23(29)19(14-24)13-18-12-16(3)27(17(18)4)20-6-8-21(30-5)9-7-20/h6-9,12-13,15H,10-11H2,1-5H3,(H,25,28)(H,26,29)/b19-13+. The van der Waals surface area contributed by atoms with Gasteiger partial charge in [0.05, 0.1) is 7.11 Å². The molecule has 0 bridgehead atoms. The number of hydrogen-bond donors (Lipinski definition) is 2. The summed E-state index contributed by atoms with van der Waals surface area (Å²) in [6, 6.07) is 11.6. The van der Waals surface area contributed by atoms with Crippen LogP contribution in [0.2, 0.25) is 0 Å². The lowest BCUT2D eigenvalue weighted by molar-refractivity contribution is -0.124. The number of methoxy groups -OCH3 is 1. The third-order valence-corrected chi connectivity index (χ3v) is 4.70. The van der Waals surface area contributed by atoms with Gasteiger partial charge in [-0.2, -0.15) is 5.26 Å². The number of aromatic nitrogens is 1. The number of carbonyl (C=O) groups excluding carboxylic acids is 2. The van der Waals surface area contributed by atoms with E-state index >= 15 is 0 Å². The van der Waals surface area contributed by atoms with E-state index in [1.165, 1.54) is 0 Å². The number of hydrogen-bond acceptors (Lipinski definition) is 4. The van der Waals surface area contributed by atoms with Crippen molar-refractivity contribution < 1.29 is 14.3 Å². The first-order chi connectivity index (χ1) is 14.3. The number of amides is 2. The van der Waals surface area contributed by atoms with Crippen LogP contribution in [0.4, 0.5) is 0 Å². The van der Waals surface area contributed by atoms with Crippen LogP contribution in [0.1, 0.15) is 30.8 Å². The number of ether oxygens (including phenoxy) is 1. The number of rotatable bonds is 8. The third kappa shape index (κ3) is 5.51. The minimum absolute atomic E-state index is 0.0140. The first-order valence-electron chi connectivity index (χ1n) is 9.79. The molecule has 0 aliphatic heterocycles. The van der Waals surface area contributed by atoms with Gasteiger partial charge in [0.25, 0.3) is 5.91 Å². The first-order valence-corrected chi connectivity index (χ1v) is 9.79. The molecule has 30 heavy (non-hydrogen) atoms. The molecule has 2 amide bonds. The highest BCUT2D eigenvalue weighted by Gasteiger charge is 2.14. The first kappa shape index (κ1) is 22.8. The molecule has 2 N–H and O–H groups in total. The lowest BCUT2D eigenvalue weighted by Gasteiger charge is -2.10. The van der Waals surface area contributed by atoms with Gasteiger partial charge in [-0.25, -0.2) is 0 Å². The van der Waals surface area contributed by atoms with Gasteiger partial charge in [0.1, 0.15) is 17.4 Å². The van der Waals surface area contributed by atoms with Crippen LogP contribution in [0.25, 0.3) is 11.8 Å². The van der Waals surface area contributed by atoms with Gasteiger partial charge in [-0.15, -0.1) is 0 Å². The van der Waals surface area contributed by atoms with Crippen molar-refractivity contribution in [3.63, 3.8) is 0 Å². The van der Waals surface area contributed by atoms with Gasteiger partial charge in [-0.3, -0.25) is 9.59 Å². The monoisotopic (exact) mass is 408 g/mol. The fraction of sp³-hybridized carbons (Fsp3) is 0.348. The van der Waals surface area contributed by atoms with Gasteiger partial charge in [-0.1, -0.05) is 13.8 Å². The Labute approximate surface area is 177 Å². The minimum atomic E-state index is -0.467. The largest absolute Gasteiger partial charge is 0.497 e. The van der Waals surface area contributed by atoms with Crippen molar-refractivity contribution in [2.24, 2.45) is 5.92 Å². The third-order valence-electron chi connectivity index (χ3n) is 4.70. The second kappa shape index (κ2) is 10.3. The van der Waals surface area contributed by atoms with Crippen molar-refractivity contribution in [2.45, 2.75) is 27.7 Å². The van der Waals surface area contributed by atoms with Crippen molar-refractivity contribution in [3.05, 3.63) is 52.9 Å². The van der Waals surface area contributed by atoms with E-state index < -0.39 is 5.91 Å². The van der Waals surface area contributed by atoms with Crippen LogP contribution in [-0.4, -0.2) is 36.6 Å². The number of carbonyl (C=O) groups is 2. The zero-order valence-electron chi connectivity index (χ0n) is 18.1. The Morgan fingerprint density at radius 2 is 1.80 bits per heavy atom. The highest BCUT2D eigenvalue weighted by molar-refractivity contribution is 6.01. The predicted octanol–water partition coefficient (Wildman–Crippen LogP) is 2.90. The average molecular weight is 409 g/mol. The number of benzene rings is 1. The average Bonchev–Trinajstić information content (AvgIpc) is 3.01. The molecule has 7 heteroatoms. The summed E-state index contributed by atoms with van der Waals surface area (Å²) in [4.78, 5) is 23.9. The van der Waals surface area contributed by atoms with E-state index in [1.807, 2.05) is 50.2 Å². The molecule has 0 aliphatic carbocycles. The van der Waals surface area contributed by atoms with E-state index in [1.54, 1.807) is 27.0 Å². The van der Waals surface area contributed by atoms with Crippen molar-refractivity contribution >= 4 is 17.9 Å². The smallest absolute Gasteiger partial charge is 0.262 e. The summed E-state index contributed by atoms with van der Waals surface area (Å²) in [5.41, 5.74) is 3.68. The molecule has 0 fully saturated rings. The van der Waals surface area contributed by atoms with E-state index in [-0.39, 0.29) is 23.9 Å². The molecular weight excluding hydrogens is 380 g/mol. The van der Waals surface area contributed by atoms with Gasteiger partial charge in [0.15, 0.2) is 0 Å². The summed E-state index contributed by atoms with van der Waals surface area (Å²) in [6.45, 7) is 8.07. The van der Waals surface area contributed by atoms with Gasteiger partial charge < -0.3 is 19.9 Å². The Bertz CT molecular complexity index is 979. The second-order valence-electron chi connectivity index (χ2n) is 7.23. The molecule has 1 heterocycles. The van der Waals surface area contributed by atoms with E-state index in [2.05, 4.69) is 15.2 Å². The molecule has 1 aromatic carbocycles. The van der Waals surface area contributed by atoms with Gasteiger partial charge in [0.2, 0.25) is 5.91 Å². The lowest BCUT2D eigenvalue weighted by Crippen LogP contribution is -2.36. The van der Waals surface area contributed by atoms with Crippen molar-refractivity contribution in [2.75, 3.05) is 20.2 Å². The van der Waals surface area contributed by atoms with Crippen LogP contribution in [0.5, 0.6) is 5.75 Å². The molecule has 2 aromatic rings. The maximum Gasteiger partial charge on any atom is 0.262 e. The molecule has 1 aromatic heterocycles. The van der Waals surface area contributed by atoms with Crippen LogP contribution in [0.3, 0.4) is 0 Å². The second-order valence-corrected chi connectivity index (χ2v) is 7.23. The van der Waals surface area contributed by atoms with Crippen LogP contribution >= 0.6 is 0 Å². The Morgan fingerprint density at radius 3 is 2.37 bits per heavy atom. The van der Waals surface area contributed by atoms with Gasteiger partial charge in [-0.05, 0) is 55.8 Å². The Balaban J connectivity index is 2.14. The summed E-state index contributed by atoms with van der Waals surface area (Å²) in [5, 5.41) is 14.8. The van der Waals surface area contributed by atoms with E-state index in [9.17, 15) is 14.9 Å². The molecular formula is C23H28N4O3. The van der Waals surface area contributed by atoms with Crippen LogP contribution < -0.4 is 15.4 Å². The zero-order valence-corrected chi connectivity index (χ0v) is 18.1. The summed E-state index contributed by atoms with van der Waals surface area (Å²) >= 11 is 0. The fourth-order valence-electron chi connectivity index (χ4n) is 3.03. The molecule has 0 spiro atoms. The van der Waals surface area contributed by atoms with Crippen molar-refractivity contribution in [1.82, 2.24) is 15.2 Å². The predicted molar refractivity (Wildman–Crippen MR) is 116 cm³/mol. The molecule has 0 saturated carbocycles.